The topological polar surface area (TPSA) is 77.2 Å². The minimum atomic E-state index is -3.56. The molecule has 0 saturated carbocycles. The lowest BCUT2D eigenvalue weighted by Crippen LogP contribution is -2.38. The smallest absolute Gasteiger partial charge is 0.279 e. The molecule has 4 rings (SSSR count). The average Bonchev–Trinajstić information content (AvgIpc) is 3.10. The number of halogens is 1. The summed E-state index contributed by atoms with van der Waals surface area (Å²) in [6.07, 6.45) is 1.24. The van der Waals surface area contributed by atoms with Crippen LogP contribution in [0.2, 0.25) is 5.02 Å². The lowest BCUT2D eigenvalue weighted by molar-refractivity contribution is 0.308. The highest BCUT2D eigenvalue weighted by Crippen LogP contribution is 2.30. The number of hydrogen-bond donors (Lipinski definition) is 0. The van der Waals surface area contributed by atoms with E-state index in [9.17, 15) is 13.2 Å². The van der Waals surface area contributed by atoms with Crippen LogP contribution in [0.4, 0.5) is 0 Å². The van der Waals surface area contributed by atoms with E-state index in [0.717, 1.165) is 11.4 Å². The van der Waals surface area contributed by atoms with Crippen molar-refractivity contribution in [2.75, 3.05) is 13.1 Å². The Kier molecular flexibility index (Phi) is 6.31. The van der Waals surface area contributed by atoms with Gasteiger partial charge in [0.05, 0.1) is 11.4 Å². The number of rotatable bonds is 6. The van der Waals surface area contributed by atoms with Gasteiger partial charge in [0.1, 0.15) is 5.82 Å². The Morgan fingerprint density at radius 1 is 1.03 bits per heavy atom. The van der Waals surface area contributed by atoms with E-state index in [2.05, 4.69) is 5.10 Å². The third kappa shape index (κ3) is 4.46. The van der Waals surface area contributed by atoms with Gasteiger partial charge in [-0.15, -0.1) is 0 Å². The van der Waals surface area contributed by atoms with Crippen molar-refractivity contribution in [3.63, 3.8) is 0 Å². The summed E-state index contributed by atoms with van der Waals surface area (Å²) in [5.41, 5.74) is 0.887. The molecule has 7 nitrogen and oxygen atoms in total. The molecule has 0 spiro atoms. The van der Waals surface area contributed by atoms with Gasteiger partial charge in [-0.05, 0) is 49.6 Å². The molecule has 0 unspecified atom stereocenters. The fraction of sp³-hybridized carbons (Fsp3) is 0.364. The normalized spacial score (nSPS) is 15.9. The van der Waals surface area contributed by atoms with Crippen LogP contribution in [0.15, 0.2) is 64.3 Å². The second-order valence-electron chi connectivity index (χ2n) is 7.66. The molecule has 1 aliphatic heterocycles. The fourth-order valence-electron chi connectivity index (χ4n) is 4.03. The van der Waals surface area contributed by atoms with E-state index < -0.39 is 10.0 Å². The molecule has 31 heavy (non-hydrogen) atoms. The zero-order valence-electron chi connectivity index (χ0n) is 17.3. The SMILES string of the molecule is CCn1c(C2CCN(S(=O)(=O)c3ccc(Cl)cc3)CC2)nn(Cc2ccccc2)c1=O. The molecule has 1 fully saturated rings. The van der Waals surface area contributed by atoms with Crippen molar-refractivity contribution < 1.29 is 8.42 Å². The number of sulfonamides is 1. The van der Waals surface area contributed by atoms with E-state index in [1.165, 1.54) is 21.1 Å². The third-order valence-corrected chi connectivity index (χ3v) is 7.88. The highest BCUT2D eigenvalue weighted by molar-refractivity contribution is 7.89. The fourth-order valence-corrected chi connectivity index (χ4v) is 5.62. The molecule has 1 saturated heterocycles. The first kappa shape index (κ1) is 21.8. The van der Waals surface area contributed by atoms with Gasteiger partial charge in [-0.3, -0.25) is 4.57 Å². The van der Waals surface area contributed by atoms with Gasteiger partial charge in [0.15, 0.2) is 0 Å². The van der Waals surface area contributed by atoms with E-state index >= 15 is 0 Å². The summed E-state index contributed by atoms with van der Waals surface area (Å²) in [4.78, 5) is 13.1. The molecule has 0 bridgehead atoms. The maximum absolute atomic E-state index is 12.9. The lowest BCUT2D eigenvalue weighted by atomic mass is 9.97. The van der Waals surface area contributed by atoms with Crippen molar-refractivity contribution in [1.82, 2.24) is 18.7 Å². The molecular weight excluding hydrogens is 436 g/mol. The van der Waals surface area contributed by atoms with Gasteiger partial charge in [-0.1, -0.05) is 41.9 Å². The minimum absolute atomic E-state index is 0.0429. The van der Waals surface area contributed by atoms with Crippen LogP contribution >= 0.6 is 11.6 Å². The summed E-state index contributed by atoms with van der Waals surface area (Å²) in [6.45, 7) is 3.66. The minimum Gasteiger partial charge on any atom is -0.279 e. The maximum atomic E-state index is 12.9. The molecule has 0 radical (unpaired) electrons. The largest absolute Gasteiger partial charge is 0.346 e. The molecular formula is C22H25ClN4O3S. The van der Waals surface area contributed by atoms with E-state index in [4.69, 9.17) is 11.6 Å². The summed E-state index contributed by atoms with van der Waals surface area (Å²) in [5.74, 6) is 0.785. The Labute approximate surface area is 186 Å². The van der Waals surface area contributed by atoms with Gasteiger partial charge in [0.2, 0.25) is 10.0 Å². The zero-order chi connectivity index (χ0) is 22.0. The summed E-state index contributed by atoms with van der Waals surface area (Å²) < 4.78 is 30.6. The maximum Gasteiger partial charge on any atom is 0.346 e. The molecule has 0 amide bonds. The van der Waals surface area contributed by atoms with Gasteiger partial charge >= 0.3 is 5.69 Å². The van der Waals surface area contributed by atoms with Crippen molar-refractivity contribution in [1.29, 1.82) is 0 Å². The van der Waals surface area contributed by atoms with Crippen LogP contribution in [-0.2, 0) is 23.1 Å². The van der Waals surface area contributed by atoms with Crippen LogP contribution in [-0.4, -0.2) is 40.2 Å². The second-order valence-corrected chi connectivity index (χ2v) is 10.0. The van der Waals surface area contributed by atoms with Gasteiger partial charge in [0.25, 0.3) is 0 Å². The Morgan fingerprint density at radius 2 is 1.68 bits per heavy atom. The first-order valence-electron chi connectivity index (χ1n) is 10.4. The Balaban J connectivity index is 1.51. The van der Waals surface area contributed by atoms with E-state index in [1.54, 1.807) is 16.7 Å². The Morgan fingerprint density at radius 3 is 2.29 bits per heavy atom. The van der Waals surface area contributed by atoms with Crippen LogP contribution < -0.4 is 5.69 Å². The van der Waals surface area contributed by atoms with Crippen molar-refractivity contribution in [2.45, 2.75) is 43.7 Å². The average molecular weight is 461 g/mol. The molecule has 9 heteroatoms. The number of hydrogen-bond acceptors (Lipinski definition) is 4. The van der Waals surface area contributed by atoms with Gasteiger partial charge in [-0.2, -0.15) is 9.40 Å². The molecule has 164 valence electrons. The zero-order valence-corrected chi connectivity index (χ0v) is 18.9. The van der Waals surface area contributed by atoms with Crippen molar-refractivity contribution in [3.8, 4) is 0 Å². The van der Waals surface area contributed by atoms with Crippen LogP contribution in [0.3, 0.4) is 0 Å². The summed E-state index contributed by atoms with van der Waals surface area (Å²) in [7, 11) is -3.56. The van der Waals surface area contributed by atoms with E-state index in [1.807, 2.05) is 37.3 Å². The standard InChI is InChI=1S/C22H25ClN4O3S/c1-2-26-21(24-27(22(26)28)16-17-6-4-3-5-7-17)18-12-14-25(15-13-18)31(29,30)20-10-8-19(23)9-11-20/h3-11,18H,2,12-16H2,1H3. The molecule has 1 aromatic heterocycles. The molecule has 3 aromatic rings. The van der Waals surface area contributed by atoms with E-state index in [0.29, 0.717) is 44.0 Å². The predicted octanol–water partition coefficient (Wildman–Crippen LogP) is 3.33. The molecule has 2 aromatic carbocycles. The van der Waals surface area contributed by atoms with Crippen molar-refractivity contribution in [3.05, 3.63) is 81.5 Å². The highest BCUT2D eigenvalue weighted by atomic mass is 35.5. The number of nitrogens with zero attached hydrogens (tertiary/aromatic N) is 4. The lowest BCUT2D eigenvalue weighted by Gasteiger charge is -2.30. The van der Waals surface area contributed by atoms with Crippen LogP contribution in [0.5, 0.6) is 0 Å². The van der Waals surface area contributed by atoms with Gasteiger partial charge < -0.3 is 0 Å². The summed E-state index contributed by atoms with van der Waals surface area (Å²) in [6, 6.07) is 16.0. The number of aromatic nitrogens is 3. The summed E-state index contributed by atoms with van der Waals surface area (Å²) in [5, 5.41) is 5.14. The molecule has 0 N–H and O–H groups in total. The predicted molar refractivity (Wildman–Crippen MR) is 120 cm³/mol. The summed E-state index contributed by atoms with van der Waals surface area (Å²) >= 11 is 5.88. The number of benzene rings is 2. The van der Waals surface area contributed by atoms with Crippen LogP contribution in [0.25, 0.3) is 0 Å². The molecule has 2 heterocycles. The number of piperidine rings is 1. The van der Waals surface area contributed by atoms with Gasteiger partial charge in [0, 0.05) is 30.6 Å². The van der Waals surface area contributed by atoms with Crippen molar-refractivity contribution >= 4 is 21.6 Å². The Hall–Kier alpha value is -2.42. The highest BCUT2D eigenvalue weighted by Gasteiger charge is 2.32. The van der Waals surface area contributed by atoms with Crippen molar-refractivity contribution in [2.24, 2.45) is 0 Å². The first-order chi connectivity index (χ1) is 14.9. The molecule has 1 aliphatic rings. The molecule has 0 aliphatic carbocycles. The second kappa shape index (κ2) is 8.98. The van der Waals surface area contributed by atoms with Crippen LogP contribution in [0.1, 0.15) is 37.1 Å². The Bertz CT molecular complexity index is 1200. The monoisotopic (exact) mass is 460 g/mol. The third-order valence-electron chi connectivity index (χ3n) is 5.71. The van der Waals surface area contributed by atoms with Crippen LogP contribution in [0, 0.1) is 0 Å². The first-order valence-corrected chi connectivity index (χ1v) is 12.2. The van der Waals surface area contributed by atoms with Gasteiger partial charge in [-0.25, -0.2) is 17.9 Å². The molecule has 0 atom stereocenters. The van der Waals surface area contributed by atoms with E-state index in [-0.39, 0.29) is 16.5 Å². The quantitative estimate of drug-likeness (QED) is 0.565.